The number of amides is 1. The number of carbonyl (C=O) groups is 2. The molecule has 1 N–H and O–H groups in total. The maximum Gasteiger partial charge on any atom is 0.309 e. The molecule has 1 atom stereocenters. The van der Waals surface area contributed by atoms with Gasteiger partial charge in [-0.2, -0.15) is 5.26 Å². The highest BCUT2D eigenvalue weighted by atomic mass is 19.1. The van der Waals surface area contributed by atoms with Crippen molar-refractivity contribution in [3.8, 4) is 11.8 Å². The van der Waals surface area contributed by atoms with Crippen LogP contribution in [0.2, 0.25) is 0 Å². The fraction of sp³-hybridized carbons (Fsp3) is 0.286. The molecule has 0 aliphatic carbocycles. The van der Waals surface area contributed by atoms with E-state index in [1.807, 2.05) is 6.07 Å². The van der Waals surface area contributed by atoms with Gasteiger partial charge in [0.05, 0.1) is 30.2 Å². The summed E-state index contributed by atoms with van der Waals surface area (Å²) in [6, 6.07) is 10.7. The first-order chi connectivity index (χ1) is 13.5. The van der Waals surface area contributed by atoms with Gasteiger partial charge in [0.2, 0.25) is 0 Å². The Bertz CT molecular complexity index is 952. The van der Waals surface area contributed by atoms with Crippen LogP contribution < -0.4 is 10.1 Å². The molecular weight excluding hydrogens is 363 g/mol. The molecule has 0 saturated carbocycles. The van der Waals surface area contributed by atoms with Crippen LogP contribution in [0.4, 0.5) is 10.1 Å². The predicted octanol–water partition coefficient (Wildman–Crippen LogP) is 3.60. The van der Waals surface area contributed by atoms with Gasteiger partial charge < -0.3 is 14.8 Å². The molecule has 0 saturated heterocycles. The van der Waals surface area contributed by atoms with Crippen LogP contribution >= 0.6 is 0 Å². The van der Waals surface area contributed by atoms with Gasteiger partial charge in [0, 0.05) is 5.69 Å². The van der Waals surface area contributed by atoms with Crippen LogP contribution in [-0.4, -0.2) is 24.6 Å². The van der Waals surface area contributed by atoms with E-state index in [1.54, 1.807) is 25.1 Å². The van der Waals surface area contributed by atoms with Crippen LogP contribution in [-0.2, 0) is 16.0 Å². The Kier molecular flexibility index (Phi) is 5.90. The molecule has 0 bridgehead atoms. The molecule has 1 aliphatic rings. The van der Waals surface area contributed by atoms with Crippen molar-refractivity contribution in [2.45, 2.75) is 32.3 Å². The number of rotatable bonds is 5. The number of aryl methyl sites for hydroxylation is 1. The molecule has 1 unspecified atom stereocenters. The Balaban J connectivity index is 1.67. The number of ether oxygens (including phenoxy) is 2. The van der Waals surface area contributed by atoms with Gasteiger partial charge >= 0.3 is 5.97 Å². The second kappa shape index (κ2) is 8.53. The van der Waals surface area contributed by atoms with Crippen molar-refractivity contribution >= 4 is 17.6 Å². The summed E-state index contributed by atoms with van der Waals surface area (Å²) in [5, 5.41) is 11.4. The Morgan fingerprint density at radius 3 is 2.86 bits per heavy atom. The minimum Gasteiger partial charge on any atom is -0.490 e. The summed E-state index contributed by atoms with van der Waals surface area (Å²) in [5.41, 5.74) is 1.43. The zero-order valence-electron chi connectivity index (χ0n) is 15.3. The normalized spacial score (nSPS) is 15.0. The van der Waals surface area contributed by atoms with Crippen LogP contribution in [0, 0.1) is 17.1 Å². The van der Waals surface area contributed by atoms with E-state index in [0.29, 0.717) is 30.9 Å². The first kappa shape index (κ1) is 19.4. The molecule has 28 heavy (non-hydrogen) atoms. The number of hydrogen-bond donors (Lipinski definition) is 1. The summed E-state index contributed by atoms with van der Waals surface area (Å²) in [6.07, 6.45) is 1.31. The van der Waals surface area contributed by atoms with Gasteiger partial charge in [0.25, 0.3) is 5.91 Å². The molecule has 6 nitrogen and oxygen atoms in total. The van der Waals surface area contributed by atoms with Crippen LogP contribution in [0.25, 0.3) is 0 Å². The smallest absolute Gasteiger partial charge is 0.309 e. The molecule has 1 aliphatic heterocycles. The molecule has 7 heteroatoms. The minimum absolute atomic E-state index is 0.137. The van der Waals surface area contributed by atoms with E-state index in [0.717, 1.165) is 11.6 Å². The zero-order chi connectivity index (χ0) is 20.1. The number of carbonyl (C=O) groups excluding carboxylic acids is 2. The number of halogens is 1. The summed E-state index contributed by atoms with van der Waals surface area (Å²) in [5.74, 6) is -0.981. The first-order valence-electron chi connectivity index (χ1n) is 8.96. The monoisotopic (exact) mass is 382 g/mol. The van der Waals surface area contributed by atoms with Crippen molar-refractivity contribution in [3.63, 3.8) is 0 Å². The van der Waals surface area contributed by atoms with E-state index in [4.69, 9.17) is 14.7 Å². The van der Waals surface area contributed by atoms with Crippen LogP contribution in [0.5, 0.6) is 5.75 Å². The molecule has 0 fully saturated rings. The van der Waals surface area contributed by atoms with E-state index in [2.05, 4.69) is 5.32 Å². The summed E-state index contributed by atoms with van der Waals surface area (Å²) in [4.78, 5) is 23.9. The van der Waals surface area contributed by atoms with Gasteiger partial charge in [-0.25, -0.2) is 4.39 Å². The van der Waals surface area contributed by atoms with Crippen molar-refractivity contribution in [1.29, 1.82) is 5.26 Å². The third-order valence-corrected chi connectivity index (χ3v) is 4.39. The zero-order valence-corrected chi connectivity index (χ0v) is 15.3. The number of hydrogen-bond acceptors (Lipinski definition) is 5. The Labute approximate surface area is 161 Å². The van der Waals surface area contributed by atoms with Gasteiger partial charge in [0.15, 0.2) is 0 Å². The molecule has 0 spiro atoms. The SMILES string of the molecule is CCOC(=O)CC1CCc2cc(NC(=O)c3ccc(C#N)cc3F)ccc2O1. The third-order valence-electron chi connectivity index (χ3n) is 4.39. The Morgan fingerprint density at radius 1 is 1.32 bits per heavy atom. The van der Waals surface area contributed by atoms with Crippen LogP contribution in [0.15, 0.2) is 36.4 Å². The van der Waals surface area contributed by atoms with Crippen LogP contribution in [0.1, 0.15) is 41.3 Å². The Hall–Kier alpha value is -3.40. The summed E-state index contributed by atoms with van der Waals surface area (Å²) < 4.78 is 24.8. The standard InChI is InChI=1S/C21H19FN2O4/c1-2-27-20(25)11-16-6-4-14-10-15(5-8-19(14)28-16)24-21(26)17-7-3-13(12-23)9-18(17)22/h3,5,7-10,16H,2,4,6,11H2,1H3,(H,24,26). The number of benzene rings is 2. The Morgan fingerprint density at radius 2 is 2.14 bits per heavy atom. The van der Waals surface area contributed by atoms with Crippen molar-refractivity contribution < 1.29 is 23.5 Å². The maximum atomic E-state index is 14.0. The molecule has 144 valence electrons. The lowest BCUT2D eigenvalue weighted by atomic mass is 10.00. The lowest BCUT2D eigenvalue weighted by Crippen LogP contribution is -2.26. The molecular formula is C21H19FN2O4. The highest BCUT2D eigenvalue weighted by molar-refractivity contribution is 6.04. The van der Waals surface area contributed by atoms with Crippen molar-refractivity contribution in [2.24, 2.45) is 0 Å². The minimum atomic E-state index is -0.750. The lowest BCUT2D eigenvalue weighted by molar-refractivity contribution is -0.145. The van der Waals surface area contributed by atoms with E-state index < -0.39 is 11.7 Å². The van der Waals surface area contributed by atoms with E-state index in [9.17, 15) is 14.0 Å². The lowest BCUT2D eigenvalue weighted by Gasteiger charge is -2.26. The van der Waals surface area contributed by atoms with E-state index in [-0.39, 0.29) is 29.6 Å². The van der Waals surface area contributed by atoms with Gasteiger partial charge in [-0.15, -0.1) is 0 Å². The number of nitrogens with one attached hydrogen (secondary N) is 1. The number of nitrogens with zero attached hydrogens (tertiary/aromatic N) is 1. The molecule has 2 aromatic carbocycles. The van der Waals surface area contributed by atoms with E-state index >= 15 is 0 Å². The second-order valence-electron chi connectivity index (χ2n) is 6.37. The highest BCUT2D eigenvalue weighted by Gasteiger charge is 2.23. The average molecular weight is 382 g/mol. The molecule has 2 aromatic rings. The van der Waals surface area contributed by atoms with Crippen molar-refractivity contribution in [3.05, 3.63) is 58.9 Å². The third kappa shape index (κ3) is 4.46. The number of fused-ring (bicyclic) bond motifs is 1. The average Bonchev–Trinajstić information content (AvgIpc) is 2.68. The number of anilines is 1. The van der Waals surface area contributed by atoms with Crippen molar-refractivity contribution in [1.82, 2.24) is 0 Å². The fourth-order valence-corrected chi connectivity index (χ4v) is 3.04. The quantitative estimate of drug-likeness (QED) is 0.799. The summed E-state index contributed by atoms with van der Waals surface area (Å²) in [7, 11) is 0. The number of esters is 1. The maximum absolute atomic E-state index is 14.0. The first-order valence-corrected chi connectivity index (χ1v) is 8.96. The van der Waals surface area contributed by atoms with Crippen molar-refractivity contribution in [2.75, 3.05) is 11.9 Å². The second-order valence-corrected chi connectivity index (χ2v) is 6.37. The highest BCUT2D eigenvalue weighted by Crippen LogP contribution is 2.31. The largest absolute Gasteiger partial charge is 0.490 e. The molecule has 3 rings (SSSR count). The van der Waals surface area contributed by atoms with Gasteiger partial charge in [0.1, 0.15) is 17.7 Å². The topological polar surface area (TPSA) is 88.4 Å². The van der Waals surface area contributed by atoms with Gasteiger partial charge in [-0.1, -0.05) is 0 Å². The molecule has 0 radical (unpaired) electrons. The molecule has 1 heterocycles. The predicted molar refractivity (Wildman–Crippen MR) is 99.5 cm³/mol. The van der Waals surface area contributed by atoms with Crippen LogP contribution in [0.3, 0.4) is 0 Å². The van der Waals surface area contributed by atoms with E-state index in [1.165, 1.54) is 12.1 Å². The molecule has 0 aromatic heterocycles. The molecule has 1 amide bonds. The summed E-state index contributed by atoms with van der Waals surface area (Å²) >= 11 is 0. The van der Waals surface area contributed by atoms with Gasteiger partial charge in [-0.05, 0) is 61.7 Å². The summed E-state index contributed by atoms with van der Waals surface area (Å²) in [6.45, 7) is 2.10. The number of nitriles is 1. The fourth-order valence-electron chi connectivity index (χ4n) is 3.04. The van der Waals surface area contributed by atoms with Gasteiger partial charge in [-0.3, -0.25) is 9.59 Å².